The van der Waals surface area contributed by atoms with Crippen molar-refractivity contribution in [2.45, 2.75) is 37.8 Å². The second-order valence-electron chi connectivity index (χ2n) is 5.18. The van der Waals surface area contributed by atoms with E-state index >= 15 is 0 Å². The maximum Gasteiger partial charge on any atom is 0.315 e. The lowest BCUT2D eigenvalue weighted by atomic mass is 9.80. The van der Waals surface area contributed by atoms with Gasteiger partial charge in [0.05, 0.1) is 11.6 Å². The summed E-state index contributed by atoms with van der Waals surface area (Å²) in [5, 5.41) is 16.1. The molecule has 0 aliphatic heterocycles. The van der Waals surface area contributed by atoms with E-state index < -0.39 is 5.60 Å². The summed E-state index contributed by atoms with van der Waals surface area (Å²) in [4.78, 5) is 11.7. The molecule has 1 aliphatic rings. The van der Waals surface area contributed by atoms with Gasteiger partial charge >= 0.3 is 6.03 Å². The fourth-order valence-electron chi connectivity index (χ4n) is 2.11. The largest absolute Gasteiger partial charge is 0.388 e. The van der Waals surface area contributed by atoms with E-state index in [1.54, 1.807) is 6.07 Å². The van der Waals surface area contributed by atoms with Crippen molar-refractivity contribution in [3.63, 3.8) is 0 Å². The minimum atomic E-state index is -0.698. The molecule has 4 nitrogen and oxygen atoms in total. The molecule has 1 saturated carbocycles. The smallest absolute Gasteiger partial charge is 0.315 e. The Hall–Kier alpha value is -1.26. The highest BCUT2D eigenvalue weighted by Crippen LogP contribution is 2.30. The van der Waals surface area contributed by atoms with Crippen LogP contribution in [0.4, 0.5) is 4.79 Å². The molecular weight excluding hydrogens is 264 g/mol. The molecule has 1 aliphatic carbocycles. The lowest BCUT2D eigenvalue weighted by Gasteiger charge is -2.36. The normalized spacial score (nSPS) is 18.3. The summed E-state index contributed by atoms with van der Waals surface area (Å²) in [6.45, 7) is 2.20. The van der Waals surface area contributed by atoms with Crippen LogP contribution in [-0.4, -0.2) is 23.3 Å². The van der Waals surface area contributed by atoms with Crippen LogP contribution in [0.5, 0.6) is 0 Å². The van der Waals surface area contributed by atoms with Gasteiger partial charge in [-0.3, -0.25) is 0 Å². The average molecular weight is 283 g/mol. The van der Waals surface area contributed by atoms with Crippen LogP contribution in [0.1, 0.15) is 37.8 Å². The summed E-state index contributed by atoms with van der Waals surface area (Å²) in [6.07, 6.45) is 2.55. The van der Waals surface area contributed by atoms with Crippen LogP contribution in [0.25, 0.3) is 0 Å². The highest BCUT2D eigenvalue weighted by atomic mass is 35.5. The van der Waals surface area contributed by atoms with Gasteiger partial charge < -0.3 is 15.7 Å². The molecule has 1 atom stereocenters. The molecule has 19 heavy (non-hydrogen) atoms. The Bertz CT molecular complexity index is 461. The number of carbonyl (C=O) groups excluding carboxylic acids is 1. The highest BCUT2D eigenvalue weighted by molar-refractivity contribution is 6.30. The zero-order valence-corrected chi connectivity index (χ0v) is 11.7. The summed E-state index contributed by atoms with van der Waals surface area (Å²) >= 11 is 5.91. The van der Waals surface area contributed by atoms with Gasteiger partial charge in [-0.2, -0.15) is 0 Å². The Kier molecular flexibility index (Phi) is 4.32. The highest BCUT2D eigenvalue weighted by Gasteiger charge is 2.34. The standard InChI is InChI=1S/C14H19ClN2O2/c1-10(11-4-2-5-12(15)8-11)17-13(18)16-9-14(19)6-3-7-14/h2,4-5,8,10,19H,3,6-7,9H2,1H3,(H2,16,17,18). The van der Waals surface area contributed by atoms with Gasteiger partial charge in [-0.05, 0) is 43.9 Å². The van der Waals surface area contributed by atoms with Gasteiger partial charge in [-0.25, -0.2) is 4.79 Å². The van der Waals surface area contributed by atoms with Crippen molar-refractivity contribution < 1.29 is 9.90 Å². The number of amides is 2. The Morgan fingerprint density at radius 1 is 1.53 bits per heavy atom. The number of halogens is 1. The van der Waals surface area contributed by atoms with E-state index in [2.05, 4.69) is 10.6 Å². The van der Waals surface area contributed by atoms with Crippen LogP contribution in [0.2, 0.25) is 5.02 Å². The third-order valence-electron chi connectivity index (χ3n) is 3.56. The van der Waals surface area contributed by atoms with E-state index in [0.29, 0.717) is 11.6 Å². The monoisotopic (exact) mass is 282 g/mol. The zero-order chi connectivity index (χ0) is 13.9. The van der Waals surface area contributed by atoms with Crippen LogP contribution in [0, 0.1) is 0 Å². The topological polar surface area (TPSA) is 61.4 Å². The van der Waals surface area contributed by atoms with Gasteiger partial charge in [0, 0.05) is 11.6 Å². The van der Waals surface area contributed by atoms with Gasteiger partial charge in [0.2, 0.25) is 0 Å². The predicted molar refractivity (Wildman–Crippen MR) is 75.2 cm³/mol. The predicted octanol–water partition coefficient (Wildman–Crippen LogP) is 2.62. The summed E-state index contributed by atoms with van der Waals surface area (Å²) in [5.74, 6) is 0. The molecular formula is C14H19ClN2O2. The van der Waals surface area contributed by atoms with Gasteiger partial charge in [0.25, 0.3) is 0 Å². The first-order chi connectivity index (χ1) is 8.98. The molecule has 0 radical (unpaired) electrons. The second kappa shape index (κ2) is 5.80. The molecule has 1 unspecified atom stereocenters. The van der Waals surface area contributed by atoms with Crippen molar-refractivity contribution in [3.05, 3.63) is 34.9 Å². The van der Waals surface area contributed by atoms with Crippen molar-refractivity contribution in [1.29, 1.82) is 0 Å². The number of hydrogen-bond donors (Lipinski definition) is 3. The molecule has 0 saturated heterocycles. The first kappa shape index (κ1) is 14.2. The SMILES string of the molecule is CC(NC(=O)NCC1(O)CCC1)c1cccc(Cl)c1. The van der Waals surface area contributed by atoms with Gasteiger partial charge in [-0.15, -0.1) is 0 Å². The van der Waals surface area contributed by atoms with E-state index in [1.807, 2.05) is 25.1 Å². The van der Waals surface area contributed by atoms with Crippen molar-refractivity contribution >= 4 is 17.6 Å². The third-order valence-corrected chi connectivity index (χ3v) is 3.79. The van der Waals surface area contributed by atoms with E-state index in [-0.39, 0.29) is 12.1 Å². The van der Waals surface area contributed by atoms with Crippen molar-refractivity contribution in [3.8, 4) is 0 Å². The van der Waals surface area contributed by atoms with E-state index in [4.69, 9.17) is 11.6 Å². The van der Waals surface area contributed by atoms with Crippen LogP contribution >= 0.6 is 11.6 Å². The molecule has 0 bridgehead atoms. The molecule has 5 heteroatoms. The first-order valence-electron chi connectivity index (χ1n) is 6.51. The molecule has 3 N–H and O–H groups in total. The summed E-state index contributed by atoms with van der Waals surface area (Å²) in [5.41, 5.74) is 0.251. The van der Waals surface area contributed by atoms with Crippen molar-refractivity contribution in [2.75, 3.05) is 6.54 Å². The number of rotatable bonds is 4. The molecule has 104 valence electrons. The van der Waals surface area contributed by atoms with E-state index in [0.717, 1.165) is 24.8 Å². The quantitative estimate of drug-likeness (QED) is 0.795. The summed E-state index contributed by atoms with van der Waals surface area (Å²) in [7, 11) is 0. The Morgan fingerprint density at radius 2 is 2.26 bits per heavy atom. The number of benzene rings is 1. The van der Waals surface area contributed by atoms with Crippen LogP contribution < -0.4 is 10.6 Å². The number of hydrogen-bond acceptors (Lipinski definition) is 2. The number of urea groups is 1. The zero-order valence-electron chi connectivity index (χ0n) is 10.9. The van der Waals surface area contributed by atoms with Crippen molar-refractivity contribution in [2.24, 2.45) is 0 Å². The van der Waals surface area contributed by atoms with Crippen LogP contribution in [-0.2, 0) is 0 Å². The minimum absolute atomic E-state index is 0.130. The molecule has 0 heterocycles. The van der Waals surface area contributed by atoms with E-state index in [1.165, 1.54) is 0 Å². The molecule has 1 aromatic rings. The Morgan fingerprint density at radius 3 is 2.84 bits per heavy atom. The fraction of sp³-hybridized carbons (Fsp3) is 0.500. The van der Waals surface area contributed by atoms with Crippen LogP contribution in [0.15, 0.2) is 24.3 Å². The summed E-state index contributed by atoms with van der Waals surface area (Å²) < 4.78 is 0. The maximum absolute atomic E-state index is 11.7. The molecule has 0 spiro atoms. The molecule has 2 amide bonds. The lowest BCUT2D eigenvalue weighted by molar-refractivity contribution is -0.0290. The fourth-order valence-corrected chi connectivity index (χ4v) is 2.31. The maximum atomic E-state index is 11.7. The minimum Gasteiger partial charge on any atom is -0.388 e. The van der Waals surface area contributed by atoms with Gasteiger partial charge in [0.15, 0.2) is 0 Å². The first-order valence-corrected chi connectivity index (χ1v) is 6.88. The second-order valence-corrected chi connectivity index (χ2v) is 5.62. The van der Waals surface area contributed by atoms with Crippen LogP contribution in [0.3, 0.4) is 0 Å². The molecule has 1 fully saturated rings. The molecule has 2 rings (SSSR count). The Balaban J connectivity index is 1.81. The van der Waals surface area contributed by atoms with Gasteiger partial charge in [0.1, 0.15) is 0 Å². The van der Waals surface area contributed by atoms with Gasteiger partial charge in [-0.1, -0.05) is 23.7 Å². The van der Waals surface area contributed by atoms with E-state index in [9.17, 15) is 9.90 Å². The lowest BCUT2D eigenvalue weighted by Crippen LogP contribution is -2.50. The summed E-state index contributed by atoms with van der Waals surface area (Å²) in [6, 6.07) is 6.99. The number of nitrogens with one attached hydrogen (secondary N) is 2. The third kappa shape index (κ3) is 3.85. The number of aliphatic hydroxyl groups is 1. The number of carbonyl (C=O) groups is 1. The average Bonchev–Trinajstić information content (AvgIpc) is 2.34. The molecule has 1 aromatic carbocycles. The molecule has 0 aromatic heterocycles. The van der Waals surface area contributed by atoms with Crippen molar-refractivity contribution in [1.82, 2.24) is 10.6 Å². The Labute approximate surface area is 118 Å².